The third-order valence-corrected chi connectivity index (χ3v) is 3.73. The number of primary amides is 1. The van der Waals surface area contributed by atoms with Crippen LogP contribution in [0.1, 0.15) is 32.6 Å². The molecule has 0 spiro atoms. The van der Waals surface area contributed by atoms with E-state index in [1.807, 2.05) is 6.92 Å². The van der Waals surface area contributed by atoms with Crippen LogP contribution >= 0.6 is 0 Å². The van der Waals surface area contributed by atoms with E-state index in [1.54, 1.807) is 0 Å². The molecule has 98 valence electrons. The number of ether oxygens (including phenoxy) is 2. The van der Waals surface area contributed by atoms with Gasteiger partial charge in [-0.15, -0.1) is 0 Å². The van der Waals surface area contributed by atoms with Crippen molar-refractivity contribution in [3.8, 4) is 0 Å². The Hall–Kier alpha value is -0.650. The average Bonchev–Trinajstić information content (AvgIpc) is 2.79. The van der Waals surface area contributed by atoms with Gasteiger partial charge in [0.25, 0.3) is 0 Å². The minimum absolute atomic E-state index is 0.0771. The fraction of sp³-hybridized carbons (Fsp3) is 0.917. The molecule has 0 aromatic heterocycles. The Kier molecular flexibility index (Phi) is 4.01. The summed E-state index contributed by atoms with van der Waals surface area (Å²) in [4.78, 5) is 11.7. The zero-order chi connectivity index (χ0) is 12.3. The molecule has 3 N–H and O–H groups in total. The molecule has 2 fully saturated rings. The van der Waals surface area contributed by atoms with Crippen molar-refractivity contribution in [2.75, 3.05) is 19.8 Å². The quantitative estimate of drug-likeness (QED) is 0.737. The lowest BCUT2D eigenvalue weighted by Gasteiger charge is -2.38. The Balaban J connectivity index is 1.93. The normalized spacial score (nSPS) is 38.2. The molecule has 1 amide bonds. The minimum atomic E-state index is -0.608. The van der Waals surface area contributed by atoms with Crippen LogP contribution < -0.4 is 11.1 Å². The minimum Gasteiger partial charge on any atom is -0.378 e. The van der Waals surface area contributed by atoms with E-state index in [2.05, 4.69) is 5.32 Å². The Labute approximate surface area is 102 Å². The summed E-state index contributed by atoms with van der Waals surface area (Å²) in [6.45, 7) is 4.10. The summed E-state index contributed by atoms with van der Waals surface area (Å²) in [7, 11) is 0. The summed E-state index contributed by atoms with van der Waals surface area (Å²) in [5.41, 5.74) is 4.94. The number of rotatable bonds is 4. The van der Waals surface area contributed by atoms with E-state index < -0.39 is 5.54 Å². The number of hydrogen-bond acceptors (Lipinski definition) is 4. The summed E-state index contributed by atoms with van der Waals surface area (Å²) in [5.74, 6) is -0.273. The van der Waals surface area contributed by atoms with Gasteiger partial charge >= 0.3 is 0 Å². The molecule has 5 heteroatoms. The van der Waals surface area contributed by atoms with E-state index in [0.717, 1.165) is 19.4 Å². The lowest BCUT2D eigenvalue weighted by molar-refractivity contribution is -0.131. The molecule has 2 rings (SSSR count). The van der Waals surface area contributed by atoms with E-state index in [4.69, 9.17) is 15.2 Å². The van der Waals surface area contributed by atoms with Crippen LogP contribution in [-0.4, -0.2) is 43.4 Å². The molecular formula is C12H22N2O3. The molecule has 3 atom stereocenters. The van der Waals surface area contributed by atoms with Crippen LogP contribution in [-0.2, 0) is 14.3 Å². The molecule has 0 saturated carbocycles. The molecule has 0 aliphatic carbocycles. The molecular weight excluding hydrogens is 220 g/mol. The van der Waals surface area contributed by atoms with Gasteiger partial charge in [-0.2, -0.15) is 0 Å². The monoisotopic (exact) mass is 242 g/mol. The van der Waals surface area contributed by atoms with E-state index in [-0.39, 0.29) is 18.1 Å². The largest absolute Gasteiger partial charge is 0.378 e. The van der Waals surface area contributed by atoms with Crippen molar-refractivity contribution in [3.05, 3.63) is 0 Å². The van der Waals surface area contributed by atoms with E-state index >= 15 is 0 Å². The molecule has 2 heterocycles. The summed E-state index contributed by atoms with van der Waals surface area (Å²) in [6.07, 6.45) is 3.77. The van der Waals surface area contributed by atoms with Crippen LogP contribution in [0.5, 0.6) is 0 Å². The first-order chi connectivity index (χ1) is 8.12. The van der Waals surface area contributed by atoms with Crippen molar-refractivity contribution in [3.63, 3.8) is 0 Å². The highest BCUT2D eigenvalue weighted by atomic mass is 16.5. The highest BCUT2D eigenvalue weighted by molar-refractivity contribution is 5.84. The van der Waals surface area contributed by atoms with Crippen LogP contribution in [0.4, 0.5) is 0 Å². The van der Waals surface area contributed by atoms with Crippen molar-refractivity contribution >= 4 is 5.91 Å². The van der Waals surface area contributed by atoms with Gasteiger partial charge in [0.2, 0.25) is 5.91 Å². The van der Waals surface area contributed by atoms with Gasteiger partial charge in [-0.25, -0.2) is 0 Å². The predicted octanol–water partition coefficient (Wildman–Crippen LogP) is 0.178. The smallest absolute Gasteiger partial charge is 0.237 e. The lowest BCUT2D eigenvalue weighted by atomic mass is 9.86. The topological polar surface area (TPSA) is 73.6 Å². The second-order valence-electron chi connectivity index (χ2n) is 5.10. The summed E-state index contributed by atoms with van der Waals surface area (Å²) < 4.78 is 11.0. The van der Waals surface area contributed by atoms with Crippen LogP contribution in [0.2, 0.25) is 0 Å². The van der Waals surface area contributed by atoms with Gasteiger partial charge in [0.15, 0.2) is 0 Å². The van der Waals surface area contributed by atoms with Crippen molar-refractivity contribution in [1.82, 2.24) is 5.32 Å². The molecule has 5 nitrogen and oxygen atoms in total. The number of carbonyl (C=O) groups is 1. The zero-order valence-corrected chi connectivity index (χ0v) is 10.4. The second-order valence-corrected chi connectivity index (χ2v) is 5.10. The standard InChI is InChI=1S/C12H22N2O3/c1-9-7-12(11(13)15,4-6-16-9)14-8-10-3-2-5-17-10/h9-10,14H,2-8H2,1H3,(H2,13,15). The molecule has 0 aromatic rings. The fourth-order valence-corrected chi connectivity index (χ4v) is 2.67. The Morgan fingerprint density at radius 3 is 2.88 bits per heavy atom. The summed E-state index contributed by atoms with van der Waals surface area (Å²) in [5, 5.41) is 3.33. The van der Waals surface area contributed by atoms with Crippen LogP contribution in [0.25, 0.3) is 0 Å². The van der Waals surface area contributed by atoms with Crippen molar-refractivity contribution < 1.29 is 14.3 Å². The third kappa shape index (κ3) is 2.97. The summed E-state index contributed by atoms with van der Waals surface area (Å²) >= 11 is 0. The number of nitrogens with two attached hydrogens (primary N) is 1. The zero-order valence-electron chi connectivity index (χ0n) is 10.4. The molecule has 2 aliphatic heterocycles. The van der Waals surface area contributed by atoms with Crippen LogP contribution in [0, 0.1) is 0 Å². The average molecular weight is 242 g/mol. The van der Waals surface area contributed by atoms with E-state index in [0.29, 0.717) is 26.0 Å². The number of amides is 1. The van der Waals surface area contributed by atoms with Crippen LogP contribution in [0.15, 0.2) is 0 Å². The molecule has 0 aromatic carbocycles. The SMILES string of the molecule is CC1CC(NCC2CCCO2)(C(N)=O)CCO1. The van der Waals surface area contributed by atoms with Gasteiger partial charge in [-0.1, -0.05) is 0 Å². The Morgan fingerprint density at radius 1 is 1.47 bits per heavy atom. The summed E-state index contributed by atoms with van der Waals surface area (Å²) in [6, 6.07) is 0. The highest BCUT2D eigenvalue weighted by Crippen LogP contribution is 2.25. The van der Waals surface area contributed by atoms with Gasteiger partial charge in [0.1, 0.15) is 5.54 Å². The maximum Gasteiger partial charge on any atom is 0.237 e. The molecule has 0 radical (unpaired) electrons. The van der Waals surface area contributed by atoms with Crippen molar-refractivity contribution in [2.24, 2.45) is 5.73 Å². The van der Waals surface area contributed by atoms with Gasteiger partial charge < -0.3 is 20.5 Å². The maximum absolute atomic E-state index is 11.7. The predicted molar refractivity (Wildman–Crippen MR) is 63.6 cm³/mol. The number of nitrogens with one attached hydrogen (secondary N) is 1. The molecule has 2 saturated heterocycles. The maximum atomic E-state index is 11.7. The van der Waals surface area contributed by atoms with Crippen LogP contribution in [0.3, 0.4) is 0 Å². The third-order valence-electron chi connectivity index (χ3n) is 3.73. The molecule has 17 heavy (non-hydrogen) atoms. The first-order valence-electron chi connectivity index (χ1n) is 6.40. The first-order valence-corrected chi connectivity index (χ1v) is 6.40. The second kappa shape index (κ2) is 5.33. The lowest BCUT2D eigenvalue weighted by Crippen LogP contribution is -2.60. The van der Waals surface area contributed by atoms with Gasteiger partial charge in [0, 0.05) is 26.2 Å². The van der Waals surface area contributed by atoms with E-state index in [9.17, 15) is 4.79 Å². The van der Waals surface area contributed by atoms with E-state index in [1.165, 1.54) is 0 Å². The van der Waals surface area contributed by atoms with Gasteiger partial charge in [0.05, 0.1) is 12.2 Å². The fourth-order valence-electron chi connectivity index (χ4n) is 2.67. The van der Waals surface area contributed by atoms with Gasteiger partial charge in [-0.3, -0.25) is 4.79 Å². The first kappa shape index (κ1) is 12.8. The van der Waals surface area contributed by atoms with Crippen molar-refractivity contribution in [1.29, 1.82) is 0 Å². The van der Waals surface area contributed by atoms with Crippen molar-refractivity contribution in [2.45, 2.75) is 50.4 Å². The Bertz CT molecular complexity index is 279. The molecule has 2 aliphatic rings. The molecule has 0 bridgehead atoms. The molecule has 3 unspecified atom stereocenters. The highest BCUT2D eigenvalue weighted by Gasteiger charge is 2.41. The van der Waals surface area contributed by atoms with Gasteiger partial charge in [-0.05, 0) is 26.2 Å². The Morgan fingerprint density at radius 2 is 2.29 bits per heavy atom. The number of carbonyl (C=O) groups excluding carboxylic acids is 1. The number of hydrogen-bond donors (Lipinski definition) is 2.